The Bertz CT molecular complexity index is 1070. The SMILES string of the molecule is C[C@H](OC(=O)c1cccc(N2C(=O)[C@@H]3[C@H](C)C=CC[C@H]3C2=O)c1)C(=O)c1ccccc1. The first kappa shape index (κ1) is 20.7. The lowest BCUT2D eigenvalue weighted by molar-refractivity contribution is -0.122. The first-order valence-electron chi connectivity index (χ1n) is 10.3. The van der Waals surface area contributed by atoms with E-state index in [4.69, 9.17) is 4.74 Å². The van der Waals surface area contributed by atoms with Crippen LogP contribution in [0.2, 0.25) is 0 Å². The number of anilines is 1. The summed E-state index contributed by atoms with van der Waals surface area (Å²) in [7, 11) is 0. The summed E-state index contributed by atoms with van der Waals surface area (Å²) in [5.41, 5.74) is 0.968. The molecule has 1 aliphatic heterocycles. The molecule has 4 atom stereocenters. The Labute approximate surface area is 180 Å². The topological polar surface area (TPSA) is 80.8 Å². The van der Waals surface area contributed by atoms with Gasteiger partial charge >= 0.3 is 5.97 Å². The highest BCUT2D eigenvalue weighted by molar-refractivity contribution is 6.22. The number of ether oxygens (including phenoxy) is 1. The van der Waals surface area contributed by atoms with E-state index in [0.29, 0.717) is 17.7 Å². The molecule has 158 valence electrons. The minimum Gasteiger partial charge on any atom is -0.451 e. The smallest absolute Gasteiger partial charge is 0.338 e. The van der Waals surface area contributed by atoms with Crippen molar-refractivity contribution in [1.29, 1.82) is 0 Å². The van der Waals surface area contributed by atoms with Gasteiger partial charge in [-0.05, 0) is 37.5 Å². The quantitative estimate of drug-likeness (QED) is 0.320. The Kier molecular flexibility index (Phi) is 5.55. The molecule has 1 heterocycles. The van der Waals surface area contributed by atoms with Crippen molar-refractivity contribution in [2.75, 3.05) is 4.90 Å². The highest BCUT2D eigenvalue weighted by Crippen LogP contribution is 2.40. The van der Waals surface area contributed by atoms with Gasteiger partial charge in [0, 0.05) is 5.56 Å². The van der Waals surface area contributed by atoms with Gasteiger partial charge in [0.15, 0.2) is 6.10 Å². The van der Waals surface area contributed by atoms with E-state index in [9.17, 15) is 19.2 Å². The number of fused-ring (bicyclic) bond motifs is 1. The van der Waals surface area contributed by atoms with Crippen molar-refractivity contribution in [3.63, 3.8) is 0 Å². The normalized spacial score (nSPS) is 23.4. The number of esters is 1. The van der Waals surface area contributed by atoms with Gasteiger partial charge in [-0.1, -0.05) is 55.5 Å². The van der Waals surface area contributed by atoms with Gasteiger partial charge in [0.05, 0.1) is 23.1 Å². The lowest BCUT2D eigenvalue weighted by Crippen LogP contribution is -2.32. The van der Waals surface area contributed by atoms with Crippen LogP contribution in [-0.4, -0.2) is 29.7 Å². The lowest BCUT2D eigenvalue weighted by Gasteiger charge is -2.22. The molecule has 2 aromatic rings. The number of hydrogen-bond acceptors (Lipinski definition) is 5. The molecule has 0 aromatic heterocycles. The number of benzene rings is 2. The zero-order chi connectivity index (χ0) is 22.1. The van der Waals surface area contributed by atoms with E-state index < -0.39 is 12.1 Å². The van der Waals surface area contributed by atoms with Crippen molar-refractivity contribution in [3.05, 3.63) is 77.9 Å². The van der Waals surface area contributed by atoms with Gasteiger partial charge < -0.3 is 4.74 Å². The maximum absolute atomic E-state index is 13.0. The van der Waals surface area contributed by atoms with Gasteiger partial charge in [0.1, 0.15) is 0 Å². The summed E-state index contributed by atoms with van der Waals surface area (Å²) in [6.07, 6.45) is 3.48. The van der Waals surface area contributed by atoms with Crippen LogP contribution < -0.4 is 4.90 Å². The fraction of sp³-hybridized carbons (Fsp3) is 0.280. The summed E-state index contributed by atoms with van der Waals surface area (Å²) < 4.78 is 5.35. The average molecular weight is 417 g/mol. The first-order valence-corrected chi connectivity index (χ1v) is 10.3. The summed E-state index contributed by atoms with van der Waals surface area (Å²) in [6, 6.07) is 14.8. The average Bonchev–Trinajstić information content (AvgIpc) is 3.04. The lowest BCUT2D eigenvalue weighted by atomic mass is 9.78. The number of carbonyl (C=O) groups excluding carboxylic acids is 4. The van der Waals surface area contributed by atoms with Gasteiger partial charge in [-0.2, -0.15) is 0 Å². The third-order valence-electron chi connectivity index (χ3n) is 5.92. The van der Waals surface area contributed by atoms with Crippen molar-refractivity contribution in [2.45, 2.75) is 26.4 Å². The van der Waals surface area contributed by atoms with Crippen LogP contribution in [0.1, 0.15) is 41.0 Å². The number of rotatable bonds is 5. The summed E-state index contributed by atoms with van der Waals surface area (Å²) >= 11 is 0. The fourth-order valence-corrected chi connectivity index (χ4v) is 4.29. The molecular formula is C25H23NO5. The second-order valence-corrected chi connectivity index (χ2v) is 8.00. The molecule has 0 bridgehead atoms. The Morgan fingerprint density at radius 2 is 1.71 bits per heavy atom. The van der Waals surface area contributed by atoms with Gasteiger partial charge in [-0.3, -0.25) is 19.3 Å². The van der Waals surface area contributed by atoms with Gasteiger partial charge in [-0.15, -0.1) is 0 Å². The maximum atomic E-state index is 13.0. The summed E-state index contributed by atoms with van der Waals surface area (Å²) in [5.74, 6) is -2.25. The van der Waals surface area contributed by atoms with Crippen LogP contribution in [0.25, 0.3) is 0 Å². The van der Waals surface area contributed by atoms with Crippen LogP contribution in [0.15, 0.2) is 66.7 Å². The maximum Gasteiger partial charge on any atom is 0.338 e. The molecule has 4 rings (SSSR count). The molecule has 0 N–H and O–H groups in total. The third kappa shape index (κ3) is 3.81. The zero-order valence-corrected chi connectivity index (χ0v) is 17.4. The molecule has 0 saturated carbocycles. The zero-order valence-electron chi connectivity index (χ0n) is 17.4. The van der Waals surface area contributed by atoms with Gasteiger partial charge in [0.2, 0.25) is 17.6 Å². The van der Waals surface area contributed by atoms with E-state index in [0.717, 1.165) is 0 Å². The van der Waals surface area contributed by atoms with E-state index in [1.807, 2.05) is 19.1 Å². The predicted octanol–water partition coefficient (Wildman–Crippen LogP) is 3.82. The van der Waals surface area contributed by atoms with Crippen LogP contribution in [0, 0.1) is 17.8 Å². The van der Waals surface area contributed by atoms with Crippen LogP contribution in [-0.2, 0) is 14.3 Å². The molecule has 0 spiro atoms. The number of Topliss-reactive ketones (excluding diaryl/α,β-unsaturated/α-hetero) is 1. The van der Waals surface area contributed by atoms with Gasteiger partial charge in [0.25, 0.3) is 0 Å². The van der Waals surface area contributed by atoms with E-state index in [1.165, 1.54) is 24.0 Å². The molecule has 0 radical (unpaired) electrons. The van der Waals surface area contributed by atoms with Crippen LogP contribution >= 0.6 is 0 Å². The van der Waals surface area contributed by atoms with E-state index in [1.54, 1.807) is 42.5 Å². The van der Waals surface area contributed by atoms with Crippen LogP contribution in [0.5, 0.6) is 0 Å². The Hall–Kier alpha value is -3.54. The molecule has 2 amide bonds. The Balaban J connectivity index is 1.52. The van der Waals surface area contributed by atoms with Crippen molar-refractivity contribution in [1.82, 2.24) is 0 Å². The predicted molar refractivity (Wildman–Crippen MR) is 114 cm³/mol. The van der Waals surface area contributed by atoms with Crippen molar-refractivity contribution >= 4 is 29.3 Å². The van der Waals surface area contributed by atoms with Crippen LogP contribution in [0.3, 0.4) is 0 Å². The number of hydrogen-bond donors (Lipinski definition) is 0. The molecule has 1 aliphatic carbocycles. The van der Waals surface area contributed by atoms with Crippen LogP contribution in [0.4, 0.5) is 5.69 Å². The molecule has 2 aromatic carbocycles. The Morgan fingerprint density at radius 3 is 2.42 bits per heavy atom. The van der Waals surface area contributed by atoms with Crippen molar-refractivity contribution in [2.24, 2.45) is 17.8 Å². The number of ketones is 1. The Morgan fingerprint density at radius 1 is 1.00 bits per heavy atom. The molecular weight excluding hydrogens is 394 g/mol. The molecule has 1 fully saturated rings. The highest BCUT2D eigenvalue weighted by Gasteiger charge is 2.50. The molecule has 1 saturated heterocycles. The summed E-state index contributed by atoms with van der Waals surface area (Å²) in [4.78, 5) is 52.2. The second kappa shape index (κ2) is 8.30. The minimum absolute atomic E-state index is 0.0156. The molecule has 0 unspecified atom stereocenters. The van der Waals surface area contributed by atoms with E-state index in [2.05, 4.69) is 0 Å². The summed E-state index contributed by atoms with van der Waals surface area (Å²) in [6.45, 7) is 3.45. The fourth-order valence-electron chi connectivity index (χ4n) is 4.29. The molecule has 6 heteroatoms. The van der Waals surface area contributed by atoms with E-state index >= 15 is 0 Å². The number of allylic oxidation sites excluding steroid dienone is 2. The van der Waals surface area contributed by atoms with Gasteiger partial charge in [-0.25, -0.2) is 4.79 Å². The number of imide groups is 1. The number of carbonyl (C=O) groups is 4. The minimum atomic E-state index is -0.969. The largest absolute Gasteiger partial charge is 0.451 e. The first-order chi connectivity index (χ1) is 14.9. The monoisotopic (exact) mass is 417 g/mol. The number of nitrogens with zero attached hydrogens (tertiary/aromatic N) is 1. The van der Waals surface area contributed by atoms with Crippen molar-refractivity contribution < 1.29 is 23.9 Å². The van der Waals surface area contributed by atoms with E-state index in [-0.39, 0.29) is 40.9 Å². The molecule has 6 nitrogen and oxygen atoms in total. The number of amides is 2. The highest BCUT2D eigenvalue weighted by atomic mass is 16.5. The molecule has 31 heavy (non-hydrogen) atoms. The standard InChI is InChI=1S/C25H23NO5/c1-15-8-6-13-20-21(15)24(29)26(23(20)28)19-12-7-11-18(14-19)25(30)31-16(2)22(27)17-9-4-3-5-10-17/h3-12,14-16,20-21H,13H2,1-2H3/t15-,16+,20-,21-/m1/s1. The van der Waals surface area contributed by atoms with Crippen molar-refractivity contribution in [3.8, 4) is 0 Å². The molecule has 2 aliphatic rings. The summed E-state index contributed by atoms with van der Waals surface area (Å²) in [5, 5.41) is 0. The second-order valence-electron chi connectivity index (χ2n) is 8.00. The third-order valence-corrected chi connectivity index (χ3v) is 5.92.